The topological polar surface area (TPSA) is 88.4 Å². The lowest BCUT2D eigenvalue weighted by Crippen LogP contribution is -2.34. The highest BCUT2D eigenvalue weighted by Gasteiger charge is 2.21. The van der Waals surface area contributed by atoms with E-state index >= 15 is 0 Å². The van der Waals surface area contributed by atoms with Gasteiger partial charge in [-0.05, 0) is 24.1 Å². The molecule has 3 N–H and O–H groups in total. The van der Waals surface area contributed by atoms with Gasteiger partial charge in [0, 0.05) is 13.0 Å². The molecule has 0 aromatic heterocycles. The van der Waals surface area contributed by atoms with Crippen molar-refractivity contribution < 1.29 is 29.5 Å². The molecule has 0 spiro atoms. The van der Waals surface area contributed by atoms with Gasteiger partial charge in [0.1, 0.15) is 6.10 Å². The summed E-state index contributed by atoms with van der Waals surface area (Å²) < 4.78 is 15.7. The van der Waals surface area contributed by atoms with Crippen LogP contribution in [0.4, 0.5) is 0 Å². The summed E-state index contributed by atoms with van der Waals surface area (Å²) in [6.07, 6.45) is 1.80. The third-order valence-corrected chi connectivity index (χ3v) is 3.67. The average molecular weight is 328 g/mol. The van der Waals surface area contributed by atoms with Crippen molar-refractivity contribution >= 4 is 0 Å². The Hall–Kier alpha value is -1.50. The van der Waals surface area contributed by atoms with Crippen molar-refractivity contribution in [3.8, 4) is 17.2 Å². The summed E-state index contributed by atoms with van der Waals surface area (Å²) >= 11 is 0. The Morgan fingerprint density at radius 1 is 1.09 bits per heavy atom. The molecule has 0 saturated heterocycles. The SMILES string of the molecule is CCCCCOC(CO)C(O)Cc1cc(OC)c(O)c(OC)c1. The minimum atomic E-state index is -0.861. The summed E-state index contributed by atoms with van der Waals surface area (Å²) in [6, 6.07) is 3.26. The number of methoxy groups -OCH3 is 2. The van der Waals surface area contributed by atoms with Crippen LogP contribution < -0.4 is 9.47 Å². The molecule has 0 aliphatic carbocycles. The maximum Gasteiger partial charge on any atom is 0.200 e. The van der Waals surface area contributed by atoms with Crippen LogP contribution in [0.1, 0.15) is 31.7 Å². The van der Waals surface area contributed by atoms with Crippen molar-refractivity contribution in [1.82, 2.24) is 0 Å². The van der Waals surface area contributed by atoms with Gasteiger partial charge >= 0.3 is 0 Å². The predicted molar refractivity (Wildman–Crippen MR) is 87.3 cm³/mol. The van der Waals surface area contributed by atoms with Gasteiger partial charge in [0.15, 0.2) is 11.5 Å². The van der Waals surface area contributed by atoms with E-state index in [1.54, 1.807) is 12.1 Å². The van der Waals surface area contributed by atoms with Crippen LogP contribution in [-0.2, 0) is 11.2 Å². The van der Waals surface area contributed by atoms with Crippen LogP contribution in [0.2, 0.25) is 0 Å². The number of hydrogen-bond donors (Lipinski definition) is 3. The van der Waals surface area contributed by atoms with Crippen molar-refractivity contribution in [2.24, 2.45) is 0 Å². The molecule has 23 heavy (non-hydrogen) atoms. The van der Waals surface area contributed by atoms with Crippen molar-refractivity contribution in [3.63, 3.8) is 0 Å². The van der Waals surface area contributed by atoms with Crippen LogP contribution in [0, 0.1) is 0 Å². The fraction of sp³-hybridized carbons (Fsp3) is 0.647. The summed E-state index contributed by atoms with van der Waals surface area (Å²) in [7, 11) is 2.89. The number of unbranched alkanes of at least 4 members (excludes halogenated alkanes) is 2. The van der Waals surface area contributed by atoms with Crippen LogP contribution in [0.25, 0.3) is 0 Å². The smallest absolute Gasteiger partial charge is 0.200 e. The first-order valence-corrected chi connectivity index (χ1v) is 7.91. The van der Waals surface area contributed by atoms with E-state index in [-0.39, 0.29) is 30.3 Å². The first kappa shape index (κ1) is 19.5. The molecule has 0 heterocycles. The van der Waals surface area contributed by atoms with Crippen molar-refractivity contribution in [2.45, 2.75) is 44.8 Å². The van der Waals surface area contributed by atoms with Gasteiger partial charge in [-0.2, -0.15) is 0 Å². The Morgan fingerprint density at radius 2 is 1.70 bits per heavy atom. The van der Waals surface area contributed by atoms with E-state index in [2.05, 4.69) is 6.92 Å². The summed E-state index contributed by atoms with van der Waals surface area (Å²) in [5, 5.41) is 29.6. The zero-order valence-corrected chi connectivity index (χ0v) is 14.1. The molecule has 6 nitrogen and oxygen atoms in total. The van der Waals surface area contributed by atoms with Crippen LogP contribution in [0.3, 0.4) is 0 Å². The molecule has 2 unspecified atom stereocenters. The molecule has 0 fully saturated rings. The Morgan fingerprint density at radius 3 is 2.17 bits per heavy atom. The Balaban J connectivity index is 2.72. The Bertz CT molecular complexity index is 437. The number of aliphatic hydroxyl groups is 2. The second kappa shape index (κ2) is 10.3. The zero-order valence-electron chi connectivity index (χ0n) is 14.1. The lowest BCUT2D eigenvalue weighted by atomic mass is 10.0. The van der Waals surface area contributed by atoms with E-state index in [0.717, 1.165) is 24.8 Å². The predicted octanol–water partition coefficient (Wildman–Crippen LogP) is 1.88. The molecule has 0 bridgehead atoms. The number of aliphatic hydroxyl groups excluding tert-OH is 2. The van der Waals surface area contributed by atoms with E-state index in [9.17, 15) is 15.3 Å². The van der Waals surface area contributed by atoms with Gasteiger partial charge < -0.3 is 29.5 Å². The molecule has 0 saturated carbocycles. The molecule has 0 amide bonds. The molecule has 0 aliphatic rings. The second-order valence-corrected chi connectivity index (χ2v) is 5.42. The number of hydrogen-bond acceptors (Lipinski definition) is 6. The molecule has 0 radical (unpaired) electrons. The number of rotatable bonds is 11. The van der Waals surface area contributed by atoms with Gasteiger partial charge in [-0.1, -0.05) is 19.8 Å². The van der Waals surface area contributed by atoms with Crippen LogP contribution in [-0.4, -0.2) is 55.0 Å². The van der Waals surface area contributed by atoms with E-state index < -0.39 is 12.2 Å². The highest BCUT2D eigenvalue weighted by atomic mass is 16.5. The summed E-state index contributed by atoms with van der Waals surface area (Å²) in [5.41, 5.74) is 0.722. The lowest BCUT2D eigenvalue weighted by molar-refractivity contribution is -0.0634. The maximum atomic E-state index is 10.3. The van der Waals surface area contributed by atoms with E-state index in [1.165, 1.54) is 14.2 Å². The molecular formula is C17H28O6. The van der Waals surface area contributed by atoms with Gasteiger partial charge in [-0.3, -0.25) is 0 Å². The minimum absolute atomic E-state index is 0.0808. The third-order valence-electron chi connectivity index (χ3n) is 3.67. The van der Waals surface area contributed by atoms with Crippen molar-refractivity contribution in [1.29, 1.82) is 0 Å². The Labute approximate surface area is 137 Å². The van der Waals surface area contributed by atoms with Crippen molar-refractivity contribution in [3.05, 3.63) is 17.7 Å². The lowest BCUT2D eigenvalue weighted by Gasteiger charge is -2.22. The summed E-state index contributed by atoms with van der Waals surface area (Å²) in [5.74, 6) is 0.467. The van der Waals surface area contributed by atoms with E-state index in [0.29, 0.717) is 6.61 Å². The highest BCUT2D eigenvalue weighted by molar-refractivity contribution is 5.52. The molecule has 6 heteroatoms. The number of aromatic hydroxyl groups is 1. The normalized spacial score (nSPS) is 13.6. The van der Waals surface area contributed by atoms with Crippen LogP contribution in [0.5, 0.6) is 17.2 Å². The van der Waals surface area contributed by atoms with Crippen LogP contribution >= 0.6 is 0 Å². The molecular weight excluding hydrogens is 300 g/mol. The number of benzene rings is 1. The summed E-state index contributed by atoms with van der Waals surface area (Å²) in [4.78, 5) is 0. The van der Waals surface area contributed by atoms with Crippen molar-refractivity contribution in [2.75, 3.05) is 27.4 Å². The van der Waals surface area contributed by atoms with Gasteiger partial charge in [0.2, 0.25) is 5.75 Å². The average Bonchev–Trinajstić information content (AvgIpc) is 2.56. The number of phenols is 1. The van der Waals surface area contributed by atoms with Crippen LogP contribution in [0.15, 0.2) is 12.1 Å². The first-order valence-electron chi connectivity index (χ1n) is 7.91. The second-order valence-electron chi connectivity index (χ2n) is 5.42. The number of ether oxygens (including phenoxy) is 3. The molecule has 2 atom stereocenters. The van der Waals surface area contributed by atoms with Gasteiger partial charge in [-0.15, -0.1) is 0 Å². The van der Waals surface area contributed by atoms with E-state index in [4.69, 9.17) is 14.2 Å². The Kier molecular flexibility index (Phi) is 8.76. The van der Waals surface area contributed by atoms with Gasteiger partial charge in [-0.25, -0.2) is 0 Å². The fourth-order valence-corrected chi connectivity index (χ4v) is 2.31. The summed E-state index contributed by atoms with van der Waals surface area (Å²) in [6.45, 7) is 2.36. The molecule has 0 aliphatic heterocycles. The minimum Gasteiger partial charge on any atom is -0.502 e. The quantitative estimate of drug-likeness (QED) is 0.538. The number of phenolic OH excluding ortho intramolecular Hbond substituents is 1. The molecule has 1 aromatic carbocycles. The highest BCUT2D eigenvalue weighted by Crippen LogP contribution is 2.37. The third kappa shape index (κ3) is 5.89. The molecule has 1 aromatic rings. The van der Waals surface area contributed by atoms with Gasteiger partial charge in [0.25, 0.3) is 0 Å². The van der Waals surface area contributed by atoms with Gasteiger partial charge in [0.05, 0.1) is 26.9 Å². The zero-order chi connectivity index (χ0) is 17.2. The first-order chi connectivity index (χ1) is 11.1. The maximum absolute atomic E-state index is 10.3. The van der Waals surface area contributed by atoms with E-state index in [1.807, 2.05) is 0 Å². The molecule has 1 rings (SSSR count). The monoisotopic (exact) mass is 328 g/mol. The standard InChI is InChI=1S/C17H28O6/c1-4-5-6-7-23-16(11-18)13(19)8-12-9-14(21-2)17(20)15(10-12)22-3/h9-10,13,16,18-20H,4-8,11H2,1-3H3. The fourth-order valence-electron chi connectivity index (χ4n) is 2.31. The molecule has 132 valence electrons. The largest absolute Gasteiger partial charge is 0.502 e.